The van der Waals surface area contributed by atoms with Crippen LogP contribution in [0.5, 0.6) is 0 Å². The summed E-state index contributed by atoms with van der Waals surface area (Å²) in [6.07, 6.45) is 0.887. The first-order valence-electron chi connectivity index (χ1n) is 9.95. The average Bonchev–Trinajstić information content (AvgIpc) is 2.71. The van der Waals surface area contributed by atoms with Crippen molar-refractivity contribution in [2.24, 2.45) is 0 Å². The number of quaternary nitrogens is 1. The number of morpholine rings is 1. The molecule has 152 valence electrons. The number of hydrogen-bond acceptors (Lipinski definition) is 5. The van der Waals surface area contributed by atoms with E-state index in [2.05, 4.69) is 5.32 Å². The van der Waals surface area contributed by atoms with E-state index in [0.29, 0.717) is 29.1 Å². The van der Waals surface area contributed by atoms with E-state index in [9.17, 15) is 9.59 Å². The quantitative estimate of drug-likeness (QED) is 0.489. The smallest absolute Gasteiger partial charge is 0.262 e. The zero-order chi connectivity index (χ0) is 19.9. The van der Waals surface area contributed by atoms with E-state index in [4.69, 9.17) is 9.72 Å². The van der Waals surface area contributed by atoms with Crippen LogP contribution >= 0.6 is 11.8 Å². The van der Waals surface area contributed by atoms with Crippen molar-refractivity contribution in [1.82, 2.24) is 14.9 Å². The lowest BCUT2D eigenvalue weighted by Gasteiger charge is -2.24. The fourth-order valence-electron chi connectivity index (χ4n) is 3.36. The lowest BCUT2D eigenvalue weighted by atomic mass is 10.2. The van der Waals surface area contributed by atoms with Gasteiger partial charge in [0, 0.05) is 19.5 Å². The zero-order valence-corrected chi connectivity index (χ0v) is 17.4. The van der Waals surface area contributed by atoms with Crippen LogP contribution in [0.25, 0.3) is 10.9 Å². The van der Waals surface area contributed by atoms with Crippen molar-refractivity contribution >= 4 is 28.6 Å². The lowest BCUT2D eigenvalue weighted by molar-refractivity contribution is -0.908. The second kappa shape index (κ2) is 10.0. The predicted molar refractivity (Wildman–Crippen MR) is 111 cm³/mol. The van der Waals surface area contributed by atoms with Crippen LogP contribution in [-0.4, -0.2) is 60.1 Å². The number of carbonyl (C=O) groups excluding carboxylic acids is 1. The Kier molecular flexibility index (Phi) is 7.47. The van der Waals surface area contributed by atoms with Crippen LogP contribution in [0.2, 0.25) is 0 Å². The molecule has 8 heteroatoms. The number of thioether (sulfide) groups is 1. The molecule has 1 atom stereocenters. The Bertz CT molecular complexity index is 864. The van der Waals surface area contributed by atoms with Gasteiger partial charge in [0.2, 0.25) is 5.91 Å². The lowest BCUT2D eigenvalue weighted by Crippen LogP contribution is -3.14. The summed E-state index contributed by atoms with van der Waals surface area (Å²) in [4.78, 5) is 31.5. The molecule has 1 aromatic carbocycles. The summed E-state index contributed by atoms with van der Waals surface area (Å²) in [7, 11) is 0. The molecule has 0 aliphatic carbocycles. The van der Waals surface area contributed by atoms with E-state index in [-0.39, 0.29) is 16.7 Å². The molecular weight excluding hydrogens is 376 g/mol. The number of aromatic nitrogens is 2. The number of nitrogens with one attached hydrogen (secondary N) is 2. The number of nitrogens with zero attached hydrogens (tertiary/aromatic N) is 2. The highest BCUT2D eigenvalue weighted by atomic mass is 32.2. The van der Waals surface area contributed by atoms with Crippen LogP contribution in [-0.2, 0) is 16.1 Å². The van der Waals surface area contributed by atoms with Crippen LogP contribution in [0.15, 0.2) is 34.2 Å². The first-order valence-corrected chi connectivity index (χ1v) is 10.8. The third kappa shape index (κ3) is 5.12. The maximum absolute atomic E-state index is 13.1. The van der Waals surface area contributed by atoms with Crippen molar-refractivity contribution < 1.29 is 14.4 Å². The third-order valence-electron chi connectivity index (χ3n) is 4.94. The van der Waals surface area contributed by atoms with Gasteiger partial charge in [-0.2, -0.15) is 0 Å². The van der Waals surface area contributed by atoms with Gasteiger partial charge in [-0.3, -0.25) is 14.2 Å². The highest BCUT2D eigenvalue weighted by Gasteiger charge is 2.20. The predicted octanol–water partition coefficient (Wildman–Crippen LogP) is 0.318. The van der Waals surface area contributed by atoms with Crippen molar-refractivity contribution in [3.8, 4) is 0 Å². The SMILES string of the molecule is CCNC(=O)[C@@H](C)Sc1nc2ccccc2c(=O)n1CCC[NH+]1CCOCC1. The Morgan fingerprint density at radius 2 is 2.11 bits per heavy atom. The van der Waals surface area contributed by atoms with Crippen molar-refractivity contribution in [2.75, 3.05) is 39.4 Å². The Balaban J connectivity index is 1.81. The first kappa shape index (κ1) is 20.8. The summed E-state index contributed by atoms with van der Waals surface area (Å²) < 4.78 is 7.15. The number of rotatable bonds is 8. The molecule has 1 fully saturated rings. The molecule has 0 saturated carbocycles. The maximum atomic E-state index is 13.1. The molecule has 1 aromatic heterocycles. The van der Waals surface area contributed by atoms with Gasteiger partial charge in [0.25, 0.3) is 5.56 Å². The fourth-order valence-corrected chi connectivity index (χ4v) is 4.32. The minimum absolute atomic E-state index is 0.0341. The molecule has 0 bridgehead atoms. The van der Waals surface area contributed by atoms with Gasteiger partial charge in [0.05, 0.1) is 35.9 Å². The Morgan fingerprint density at radius 1 is 1.36 bits per heavy atom. The number of hydrogen-bond donors (Lipinski definition) is 2. The maximum Gasteiger partial charge on any atom is 0.262 e. The van der Waals surface area contributed by atoms with E-state index >= 15 is 0 Å². The molecule has 0 unspecified atom stereocenters. The number of para-hydroxylation sites is 1. The van der Waals surface area contributed by atoms with Crippen LogP contribution < -0.4 is 15.8 Å². The van der Waals surface area contributed by atoms with Crippen molar-refractivity contribution in [3.05, 3.63) is 34.6 Å². The summed E-state index contributed by atoms with van der Waals surface area (Å²) in [5, 5.41) is 3.75. The largest absolute Gasteiger partial charge is 0.370 e. The molecule has 0 spiro atoms. The third-order valence-corrected chi connectivity index (χ3v) is 6.03. The van der Waals surface area contributed by atoms with Crippen LogP contribution in [0, 0.1) is 0 Å². The van der Waals surface area contributed by atoms with Crippen molar-refractivity contribution in [3.63, 3.8) is 0 Å². The molecule has 1 saturated heterocycles. The van der Waals surface area contributed by atoms with Crippen LogP contribution in [0.1, 0.15) is 20.3 Å². The van der Waals surface area contributed by atoms with Crippen LogP contribution in [0.4, 0.5) is 0 Å². The number of ether oxygens (including phenoxy) is 1. The molecule has 2 N–H and O–H groups in total. The minimum Gasteiger partial charge on any atom is -0.370 e. The second-order valence-electron chi connectivity index (χ2n) is 6.99. The summed E-state index contributed by atoms with van der Waals surface area (Å²) >= 11 is 1.35. The van der Waals surface area contributed by atoms with Gasteiger partial charge < -0.3 is 15.0 Å². The number of carbonyl (C=O) groups is 1. The highest BCUT2D eigenvalue weighted by Crippen LogP contribution is 2.22. The summed E-state index contributed by atoms with van der Waals surface area (Å²) in [5.41, 5.74) is 0.640. The van der Waals surface area contributed by atoms with Gasteiger partial charge >= 0.3 is 0 Å². The van der Waals surface area contributed by atoms with Crippen molar-refractivity contribution in [2.45, 2.75) is 37.2 Å². The van der Waals surface area contributed by atoms with Gasteiger partial charge in [0.15, 0.2) is 5.16 Å². The molecule has 7 nitrogen and oxygen atoms in total. The highest BCUT2D eigenvalue weighted by molar-refractivity contribution is 8.00. The summed E-state index contributed by atoms with van der Waals surface area (Å²) in [5.74, 6) is -0.0424. The topological polar surface area (TPSA) is 77.7 Å². The van der Waals surface area contributed by atoms with E-state index < -0.39 is 0 Å². The van der Waals surface area contributed by atoms with Gasteiger partial charge in [-0.05, 0) is 26.0 Å². The molecule has 1 aliphatic heterocycles. The molecule has 2 heterocycles. The van der Waals surface area contributed by atoms with Crippen molar-refractivity contribution in [1.29, 1.82) is 0 Å². The molecule has 1 aliphatic rings. The number of fused-ring (bicyclic) bond motifs is 1. The van der Waals surface area contributed by atoms with Gasteiger partial charge in [0.1, 0.15) is 13.1 Å². The van der Waals surface area contributed by atoms with E-state index in [1.807, 2.05) is 38.1 Å². The summed E-state index contributed by atoms with van der Waals surface area (Å²) in [6, 6.07) is 7.40. The Hall–Kier alpha value is -1.90. The summed E-state index contributed by atoms with van der Waals surface area (Å²) in [6.45, 7) is 9.57. The molecule has 28 heavy (non-hydrogen) atoms. The normalized spacial score (nSPS) is 16.2. The number of amides is 1. The van der Waals surface area contributed by atoms with Crippen LogP contribution in [0.3, 0.4) is 0 Å². The van der Waals surface area contributed by atoms with Gasteiger partial charge in [-0.25, -0.2) is 4.98 Å². The Labute approximate surface area is 169 Å². The number of benzene rings is 1. The molecule has 3 rings (SSSR count). The molecule has 0 radical (unpaired) electrons. The minimum atomic E-state index is -0.316. The fraction of sp³-hybridized carbons (Fsp3) is 0.550. The zero-order valence-electron chi connectivity index (χ0n) is 16.6. The molecule has 2 aromatic rings. The average molecular weight is 406 g/mol. The monoisotopic (exact) mass is 405 g/mol. The van der Waals surface area contributed by atoms with Gasteiger partial charge in [-0.15, -0.1) is 0 Å². The van der Waals surface area contributed by atoms with E-state index in [1.54, 1.807) is 4.57 Å². The molecule has 1 amide bonds. The van der Waals surface area contributed by atoms with E-state index in [0.717, 1.165) is 39.3 Å². The standard InChI is InChI=1S/C20H28N4O3S/c1-3-21-18(25)15(2)28-20-22-17-8-5-4-7-16(17)19(26)24(20)10-6-9-23-11-13-27-14-12-23/h4-5,7-8,15H,3,6,9-14H2,1-2H3,(H,21,25)/p+1/t15-/m1/s1. The van der Waals surface area contributed by atoms with E-state index in [1.165, 1.54) is 16.7 Å². The molecular formula is C20H29N4O3S+. The first-order chi connectivity index (χ1) is 13.6. The van der Waals surface area contributed by atoms with Gasteiger partial charge in [-0.1, -0.05) is 23.9 Å². The Morgan fingerprint density at radius 3 is 2.86 bits per heavy atom. The second-order valence-corrected chi connectivity index (χ2v) is 8.30.